The number of hydrogen-bond donors (Lipinski definition) is 2. The molecule has 0 aromatic rings. The molecule has 68 valence electrons. The summed E-state index contributed by atoms with van der Waals surface area (Å²) in [4.78, 5) is 0. The summed E-state index contributed by atoms with van der Waals surface area (Å²) in [6.07, 6.45) is 4.98. The first-order chi connectivity index (χ1) is 4.69. The lowest BCUT2D eigenvalue weighted by Gasteiger charge is -2.28. The molecule has 1 unspecified atom stereocenters. The third kappa shape index (κ3) is 2.32. The van der Waals surface area contributed by atoms with Gasteiger partial charge in [0.25, 0.3) is 0 Å². The van der Waals surface area contributed by atoms with E-state index in [4.69, 9.17) is 5.73 Å². The molecule has 0 aromatic carbocycles. The Morgan fingerprint density at radius 1 is 1.45 bits per heavy atom. The van der Waals surface area contributed by atoms with Gasteiger partial charge in [0.15, 0.2) is 0 Å². The van der Waals surface area contributed by atoms with Crippen LogP contribution >= 0.6 is 12.4 Å². The van der Waals surface area contributed by atoms with Crippen LogP contribution in [0.4, 0.5) is 0 Å². The molecule has 0 saturated heterocycles. The van der Waals surface area contributed by atoms with E-state index in [0.717, 1.165) is 32.1 Å². The molecule has 0 amide bonds. The van der Waals surface area contributed by atoms with Gasteiger partial charge in [0.05, 0.1) is 5.60 Å². The standard InChI is InChI=1S/C8H17NO.ClH/c1-2-7(9)8(10)5-3-4-6-8;/h7,10H,2-6,9H2,1H3;1H. The second kappa shape index (κ2) is 4.29. The maximum atomic E-state index is 9.83. The van der Waals surface area contributed by atoms with Crippen LogP contribution in [0.5, 0.6) is 0 Å². The molecule has 1 rings (SSSR count). The fraction of sp³-hybridized carbons (Fsp3) is 1.00. The van der Waals surface area contributed by atoms with Crippen LogP contribution in [0.3, 0.4) is 0 Å². The van der Waals surface area contributed by atoms with Gasteiger partial charge in [-0.3, -0.25) is 0 Å². The van der Waals surface area contributed by atoms with Crippen molar-refractivity contribution in [1.29, 1.82) is 0 Å². The van der Waals surface area contributed by atoms with E-state index in [1.54, 1.807) is 0 Å². The summed E-state index contributed by atoms with van der Waals surface area (Å²) in [7, 11) is 0. The first kappa shape index (κ1) is 11.2. The smallest absolute Gasteiger partial charge is 0.0797 e. The lowest BCUT2D eigenvalue weighted by atomic mass is 9.91. The minimum Gasteiger partial charge on any atom is -0.388 e. The van der Waals surface area contributed by atoms with E-state index in [0.29, 0.717) is 0 Å². The molecule has 11 heavy (non-hydrogen) atoms. The van der Waals surface area contributed by atoms with Crippen molar-refractivity contribution in [3.63, 3.8) is 0 Å². The topological polar surface area (TPSA) is 46.2 Å². The number of nitrogens with two attached hydrogens (primary N) is 1. The molecular weight excluding hydrogens is 162 g/mol. The van der Waals surface area contributed by atoms with Gasteiger partial charge >= 0.3 is 0 Å². The Labute approximate surface area is 74.6 Å². The molecule has 1 aliphatic carbocycles. The summed E-state index contributed by atoms with van der Waals surface area (Å²) in [6, 6.07) is -0.00463. The Hall–Kier alpha value is 0.210. The van der Waals surface area contributed by atoms with Crippen molar-refractivity contribution in [1.82, 2.24) is 0 Å². The zero-order chi connectivity index (χ0) is 7.61. The van der Waals surface area contributed by atoms with Crippen LogP contribution < -0.4 is 5.73 Å². The Kier molecular flexibility index (Phi) is 4.37. The van der Waals surface area contributed by atoms with Gasteiger partial charge in [-0.25, -0.2) is 0 Å². The molecule has 1 atom stereocenters. The zero-order valence-corrected chi connectivity index (χ0v) is 7.86. The van der Waals surface area contributed by atoms with Gasteiger partial charge in [-0.1, -0.05) is 19.8 Å². The quantitative estimate of drug-likeness (QED) is 0.674. The number of halogens is 1. The van der Waals surface area contributed by atoms with Crippen molar-refractivity contribution >= 4 is 12.4 Å². The van der Waals surface area contributed by atoms with Crippen molar-refractivity contribution in [3.8, 4) is 0 Å². The third-order valence-corrected chi connectivity index (χ3v) is 2.60. The summed E-state index contributed by atoms with van der Waals surface area (Å²) in [5.74, 6) is 0. The Bertz CT molecular complexity index is 113. The van der Waals surface area contributed by atoms with Crippen molar-refractivity contribution in [2.75, 3.05) is 0 Å². The minimum atomic E-state index is -0.519. The second-order valence-corrected chi connectivity index (χ2v) is 3.33. The highest BCUT2D eigenvalue weighted by Crippen LogP contribution is 2.32. The summed E-state index contributed by atoms with van der Waals surface area (Å²) in [5, 5.41) is 9.83. The number of rotatable bonds is 2. The summed E-state index contributed by atoms with van der Waals surface area (Å²) in [6.45, 7) is 2.03. The molecule has 0 spiro atoms. The molecular formula is C8H18ClNO. The molecule has 3 heteroatoms. The van der Waals surface area contributed by atoms with Crippen LogP contribution in [0.1, 0.15) is 39.0 Å². The van der Waals surface area contributed by atoms with Crippen LogP contribution in [0, 0.1) is 0 Å². The van der Waals surface area contributed by atoms with E-state index in [1.807, 2.05) is 6.92 Å². The molecule has 3 N–H and O–H groups in total. The Morgan fingerprint density at radius 2 is 1.91 bits per heavy atom. The van der Waals surface area contributed by atoms with Gasteiger partial charge in [0.1, 0.15) is 0 Å². The first-order valence-electron chi connectivity index (χ1n) is 4.17. The number of aliphatic hydroxyl groups is 1. The molecule has 0 heterocycles. The zero-order valence-electron chi connectivity index (χ0n) is 7.05. The minimum absolute atomic E-state index is 0. The third-order valence-electron chi connectivity index (χ3n) is 2.60. The van der Waals surface area contributed by atoms with E-state index < -0.39 is 5.60 Å². The van der Waals surface area contributed by atoms with Crippen molar-refractivity contribution in [2.45, 2.75) is 50.7 Å². The molecule has 0 aliphatic heterocycles. The van der Waals surface area contributed by atoms with Gasteiger partial charge < -0.3 is 10.8 Å². The SMILES string of the molecule is CCC(N)C1(O)CCCC1.Cl. The Balaban J connectivity index is 0.000001000. The molecule has 1 saturated carbocycles. The second-order valence-electron chi connectivity index (χ2n) is 3.33. The molecule has 0 radical (unpaired) electrons. The van der Waals surface area contributed by atoms with Gasteiger partial charge in [0, 0.05) is 6.04 Å². The summed E-state index contributed by atoms with van der Waals surface area (Å²) < 4.78 is 0. The molecule has 0 bridgehead atoms. The monoisotopic (exact) mass is 179 g/mol. The molecule has 0 aromatic heterocycles. The average Bonchev–Trinajstić information content (AvgIpc) is 2.36. The van der Waals surface area contributed by atoms with E-state index >= 15 is 0 Å². The van der Waals surface area contributed by atoms with Crippen LogP contribution in [0.25, 0.3) is 0 Å². The maximum absolute atomic E-state index is 9.83. The van der Waals surface area contributed by atoms with Crippen molar-refractivity contribution in [3.05, 3.63) is 0 Å². The largest absolute Gasteiger partial charge is 0.388 e. The number of hydrogen-bond acceptors (Lipinski definition) is 2. The maximum Gasteiger partial charge on any atom is 0.0797 e. The first-order valence-corrected chi connectivity index (χ1v) is 4.17. The fourth-order valence-corrected chi connectivity index (χ4v) is 1.74. The highest BCUT2D eigenvalue weighted by Gasteiger charge is 2.35. The van der Waals surface area contributed by atoms with Crippen molar-refractivity contribution in [2.24, 2.45) is 5.73 Å². The van der Waals surface area contributed by atoms with Gasteiger partial charge in [-0.2, -0.15) is 0 Å². The molecule has 2 nitrogen and oxygen atoms in total. The van der Waals surface area contributed by atoms with E-state index in [-0.39, 0.29) is 18.4 Å². The summed E-state index contributed by atoms with van der Waals surface area (Å²) >= 11 is 0. The fourth-order valence-electron chi connectivity index (χ4n) is 1.74. The average molecular weight is 180 g/mol. The molecule has 1 aliphatic rings. The lowest BCUT2D eigenvalue weighted by Crippen LogP contribution is -2.45. The van der Waals surface area contributed by atoms with Crippen LogP contribution in [-0.2, 0) is 0 Å². The normalized spacial score (nSPS) is 24.3. The predicted octanol–water partition coefficient (Wildman–Crippen LogP) is 1.45. The highest BCUT2D eigenvalue weighted by molar-refractivity contribution is 5.85. The van der Waals surface area contributed by atoms with E-state index in [9.17, 15) is 5.11 Å². The Morgan fingerprint density at radius 3 is 2.27 bits per heavy atom. The van der Waals surface area contributed by atoms with Gasteiger partial charge in [-0.05, 0) is 19.3 Å². The summed E-state index contributed by atoms with van der Waals surface area (Å²) in [5.41, 5.74) is 5.24. The van der Waals surface area contributed by atoms with E-state index in [1.165, 1.54) is 0 Å². The van der Waals surface area contributed by atoms with Crippen LogP contribution in [-0.4, -0.2) is 16.7 Å². The van der Waals surface area contributed by atoms with Crippen LogP contribution in [0.15, 0.2) is 0 Å². The van der Waals surface area contributed by atoms with Crippen LogP contribution in [0.2, 0.25) is 0 Å². The van der Waals surface area contributed by atoms with E-state index in [2.05, 4.69) is 0 Å². The van der Waals surface area contributed by atoms with Gasteiger partial charge in [0.2, 0.25) is 0 Å². The predicted molar refractivity (Wildman–Crippen MR) is 48.9 cm³/mol. The van der Waals surface area contributed by atoms with Gasteiger partial charge in [-0.15, -0.1) is 12.4 Å². The molecule has 1 fully saturated rings. The lowest BCUT2D eigenvalue weighted by molar-refractivity contribution is 0.0199. The van der Waals surface area contributed by atoms with Crippen molar-refractivity contribution < 1.29 is 5.11 Å². The highest BCUT2D eigenvalue weighted by atomic mass is 35.5.